The van der Waals surface area contributed by atoms with Crippen LogP contribution in [0.3, 0.4) is 0 Å². The third-order valence-corrected chi connectivity index (χ3v) is 2.87. The molecule has 4 nitrogen and oxygen atoms in total. The van der Waals surface area contributed by atoms with Gasteiger partial charge in [0.15, 0.2) is 0 Å². The van der Waals surface area contributed by atoms with Crippen molar-refractivity contribution in [3.63, 3.8) is 0 Å². The monoisotopic (exact) mass is 245 g/mol. The minimum atomic E-state index is -1.22. The zero-order valence-electron chi connectivity index (χ0n) is 9.14. The van der Waals surface area contributed by atoms with Crippen molar-refractivity contribution in [3.05, 3.63) is 47.8 Å². The van der Waals surface area contributed by atoms with Crippen molar-refractivity contribution in [1.29, 1.82) is 0 Å². The number of ether oxygens (including phenoxy) is 1. The highest BCUT2D eigenvalue weighted by Crippen LogP contribution is 2.31. The molecule has 2 aromatic rings. The van der Waals surface area contributed by atoms with E-state index in [0.29, 0.717) is 5.39 Å². The lowest BCUT2D eigenvalue weighted by Gasteiger charge is -2.11. The highest BCUT2D eigenvalue weighted by Gasteiger charge is 2.36. The number of alkyl carbamates (subject to hydrolysis) is 1. The molecule has 1 aliphatic rings. The quantitative estimate of drug-likeness (QED) is 0.838. The summed E-state index contributed by atoms with van der Waals surface area (Å²) in [6.45, 7) is 0. The lowest BCUT2D eigenvalue weighted by atomic mass is 9.99. The van der Waals surface area contributed by atoms with Crippen molar-refractivity contribution < 1.29 is 18.7 Å². The van der Waals surface area contributed by atoms with Crippen molar-refractivity contribution in [2.45, 2.75) is 6.10 Å². The molecule has 3 rings (SSSR count). The Morgan fingerprint density at radius 2 is 1.89 bits per heavy atom. The summed E-state index contributed by atoms with van der Waals surface area (Å²) in [6, 6.07) is 9.91. The van der Waals surface area contributed by atoms with E-state index >= 15 is 0 Å². The summed E-state index contributed by atoms with van der Waals surface area (Å²) in [5.74, 6) is -1.21. The average molecular weight is 245 g/mol. The van der Waals surface area contributed by atoms with Crippen molar-refractivity contribution in [2.24, 2.45) is 0 Å². The molecule has 1 heterocycles. The number of imide groups is 1. The molecule has 1 atom stereocenters. The number of fused-ring (bicyclic) bond motifs is 1. The largest absolute Gasteiger partial charge is 0.431 e. The zero-order valence-corrected chi connectivity index (χ0v) is 9.14. The third-order valence-electron chi connectivity index (χ3n) is 2.87. The van der Waals surface area contributed by atoms with Crippen LogP contribution in [0.25, 0.3) is 10.8 Å². The number of halogens is 1. The lowest BCUT2D eigenvalue weighted by molar-refractivity contribution is -0.123. The molecule has 90 valence electrons. The minimum Gasteiger partial charge on any atom is -0.431 e. The fraction of sp³-hybridized carbons (Fsp3) is 0.0769. The fourth-order valence-electron chi connectivity index (χ4n) is 2.08. The Hall–Kier alpha value is -2.43. The first kappa shape index (κ1) is 10.7. The summed E-state index contributed by atoms with van der Waals surface area (Å²) >= 11 is 0. The van der Waals surface area contributed by atoms with E-state index in [1.54, 1.807) is 24.3 Å². The molecule has 1 N–H and O–H groups in total. The molecule has 1 fully saturated rings. The predicted molar refractivity (Wildman–Crippen MR) is 61.3 cm³/mol. The molecule has 2 amide bonds. The Balaban J connectivity index is 2.25. The highest BCUT2D eigenvalue weighted by atomic mass is 19.1. The molecular weight excluding hydrogens is 237 g/mol. The van der Waals surface area contributed by atoms with Gasteiger partial charge < -0.3 is 4.74 Å². The molecule has 5 heteroatoms. The van der Waals surface area contributed by atoms with E-state index in [1.807, 2.05) is 11.4 Å². The van der Waals surface area contributed by atoms with E-state index < -0.39 is 23.9 Å². The van der Waals surface area contributed by atoms with Crippen LogP contribution in [0.15, 0.2) is 36.4 Å². The number of amides is 2. The van der Waals surface area contributed by atoms with Crippen molar-refractivity contribution in [3.8, 4) is 0 Å². The average Bonchev–Trinajstić information content (AvgIpc) is 2.68. The van der Waals surface area contributed by atoms with E-state index in [4.69, 9.17) is 4.74 Å². The van der Waals surface area contributed by atoms with Gasteiger partial charge in [-0.15, -0.1) is 0 Å². The molecule has 18 heavy (non-hydrogen) atoms. The highest BCUT2D eigenvalue weighted by molar-refractivity contribution is 6.03. The molecule has 0 spiro atoms. The van der Waals surface area contributed by atoms with Gasteiger partial charge in [0.1, 0.15) is 5.82 Å². The number of rotatable bonds is 1. The van der Waals surface area contributed by atoms with E-state index in [1.165, 1.54) is 6.07 Å². The first-order valence-corrected chi connectivity index (χ1v) is 5.35. The summed E-state index contributed by atoms with van der Waals surface area (Å²) in [7, 11) is 0. The molecule has 1 aliphatic heterocycles. The SMILES string of the molecule is O=C1NC(=O)C(c2c(F)ccc3ccccc23)O1. The van der Waals surface area contributed by atoms with Crippen molar-refractivity contribution in [2.75, 3.05) is 0 Å². The smallest absolute Gasteiger partial charge is 0.415 e. The Morgan fingerprint density at radius 1 is 1.11 bits per heavy atom. The number of carbonyl (C=O) groups is 2. The molecule has 1 saturated heterocycles. The van der Waals surface area contributed by atoms with Gasteiger partial charge in [-0.3, -0.25) is 10.1 Å². The molecular formula is C13H8FNO3. The summed E-state index contributed by atoms with van der Waals surface area (Å²) in [4.78, 5) is 22.6. The van der Waals surface area contributed by atoms with E-state index in [2.05, 4.69) is 0 Å². The Kier molecular flexibility index (Phi) is 2.26. The molecule has 0 saturated carbocycles. The number of benzene rings is 2. The number of hydrogen-bond donors (Lipinski definition) is 1. The second-order valence-electron chi connectivity index (χ2n) is 3.96. The Labute approximate surface area is 101 Å². The van der Waals surface area contributed by atoms with Crippen LogP contribution in [0.2, 0.25) is 0 Å². The molecule has 0 aliphatic carbocycles. The van der Waals surface area contributed by atoms with Crippen LogP contribution >= 0.6 is 0 Å². The summed E-state index contributed by atoms with van der Waals surface area (Å²) < 4.78 is 18.7. The first-order chi connectivity index (χ1) is 8.66. The number of cyclic esters (lactones) is 1. The second kappa shape index (κ2) is 3.80. The summed E-state index contributed by atoms with van der Waals surface area (Å²) in [5.41, 5.74) is 0.0939. The zero-order chi connectivity index (χ0) is 12.7. The number of carbonyl (C=O) groups excluding carboxylic acids is 2. The molecule has 0 aromatic heterocycles. The standard InChI is InChI=1S/C13H8FNO3/c14-9-6-5-7-3-1-2-4-8(7)10(9)11-12(16)15-13(17)18-11/h1-6,11H,(H,15,16,17). The lowest BCUT2D eigenvalue weighted by Crippen LogP contribution is -2.21. The van der Waals surface area contributed by atoms with Crippen LogP contribution in [0.5, 0.6) is 0 Å². The van der Waals surface area contributed by atoms with Gasteiger partial charge in [-0.05, 0) is 16.8 Å². The van der Waals surface area contributed by atoms with Crippen LogP contribution in [-0.4, -0.2) is 12.0 Å². The summed E-state index contributed by atoms with van der Waals surface area (Å²) in [5, 5.41) is 3.33. The maximum absolute atomic E-state index is 13.9. The fourth-order valence-corrected chi connectivity index (χ4v) is 2.08. The van der Waals surface area contributed by atoms with Crippen molar-refractivity contribution in [1.82, 2.24) is 5.32 Å². The second-order valence-corrected chi connectivity index (χ2v) is 3.96. The maximum Gasteiger partial charge on any atom is 0.415 e. The van der Waals surface area contributed by atoms with Crippen LogP contribution in [0.1, 0.15) is 11.7 Å². The topological polar surface area (TPSA) is 55.4 Å². The molecule has 1 unspecified atom stereocenters. The van der Waals surface area contributed by atoms with Gasteiger partial charge >= 0.3 is 6.09 Å². The third kappa shape index (κ3) is 1.52. The summed E-state index contributed by atoms with van der Waals surface area (Å²) in [6.07, 6.45) is -2.07. The molecule has 0 bridgehead atoms. The minimum absolute atomic E-state index is 0.0939. The van der Waals surface area contributed by atoms with Crippen LogP contribution in [-0.2, 0) is 9.53 Å². The number of nitrogens with one attached hydrogen (secondary N) is 1. The van der Waals surface area contributed by atoms with Gasteiger partial charge in [0.2, 0.25) is 6.10 Å². The van der Waals surface area contributed by atoms with Gasteiger partial charge in [0.05, 0.1) is 0 Å². The van der Waals surface area contributed by atoms with Gasteiger partial charge in [0.25, 0.3) is 5.91 Å². The normalized spacial score (nSPS) is 18.8. The van der Waals surface area contributed by atoms with Gasteiger partial charge in [-0.2, -0.15) is 0 Å². The van der Waals surface area contributed by atoms with Crippen LogP contribution < -0.4 is 5.32 Å². The van der Waals surface area contributed by atoms with E-state index in [0.717, 1.165) is 5.39 Å². The van der Waals surface area contributed by atoms with Gasteiger partial charge in [-0.1, -0.05) is 30.3 Å². The van der Waals surface area contributed by atoms with E-state index in [-0.39, 0.29) is 5.56 Å². The Bertz CT molecular complexity index is 668. The van der Waals surface area contributed by atoms with Crippen LogP contribution in [0, 0.1) is 5.82 Å². The van der Waals surface area contributed by atoms with Gasteiger partial charge in [-0.25, -0.2) is 9.18 Å². The number of hydrogen-bond acceptors (Lipinski definition) is 3. The van der Waals surface area contributed by atoms with Crippen molar-refractivity contribution >= 4 is 22.8 Å². The maximum atomic E-state index is 13.9. The molecule has 0 radical (unpaired) electrons. The van der Waals surface area contributed by atoms with Gasteiger partial charge in [0, 0.05) is 5.56 Å². The first-order valence-electron chi connectivity index (χ1n) is 5.35. The molecule has 2 aromatic carbocycles. The Morgan fingerprint density at radius 3 is 2.61 bits per heavy atom. The van der Waals surface area contributed by atoms with Crippen LogP contribution in [0.4, 0.5) is 9.18 Å². The predicted octanol–water partition coefficient (Wildman–Crippen LogP) is 2.29. The van der Waals surface area contributed by atoms with E-state index in [9.17, 15) is 14.0 Å².